The van der Waals surface area contributed by atoms with Crippen LogP contribution < -0.4 is 15.4 Å². The number of aromatic hydroxyl groups is 1. The molecule has 1 aliphatic rings. The lowest BCUT2D eigenvalue weighted by Crippen LogP contribution is -2.30. The Morgan fingerprint density at radius 1 is 1.00 bits per heavy atom. The molecule has 1 heterocycles. The summed E-state index contributed by atoms with van der Waals surface area (Å²) in [5.74, 6) is 0.648. The van der Waals surface area contributed by atoms with Crippen molar-refractivity contribution in [2.45, 2.75) is 45.1 Å². The van der Waals surface area contributed by atoms with Gasteiger partial charge in [0.2, 0.25) is 0 Å². The highest BCUT2D eigenvalue weighted by Crippen LogP contribution is 2.38. The number of phenolic OH excluding ortho intramolecular Hbond substituents is 1. The highest BCUT2D eigenvalue weighted by atomic mass is 16.5. The zero-order chi connectivity index (χ0) is 27.2. The molecular weight excluding hydrogens is 492 g/mol. The number of amides is 2. The van der Waals surface area contributed by atoms with Gasteiger partial charge in [0.25, 0.3) is 5.91 Å². The summed E-state index contributed by atoms with van der Waals surface area (Å²) in [5, 5.41) is 21.2. The third-order valence-corrected chi connectivity index (χ3v) is 6.95. The van der Waals surface area contributed by atoms with Crippen molar-refractivity contribution in [1.29, 1.82) is 0 Å². The molecule has 0 spiro atoms. The summed E-state index contributed by atoms with van der Waals surface area (Å²) in [6.45, 7) is 2.84. The van der Waals surface area contributed by atoms with Gasteiger partial charge in [-0.05, 0) is 73.9 Å². The molecule has 0 atom stereocenters. The summed E-state index contributed by atoms with van der Waals surface area (Å²) in [6, 6.07) is 23.0. The Kier molecular flexibility index (Phi) is 7.91. The Morgan fingerprint density at radius 2 is 1.74 bits per heavy atom. The molecule has 0 bridgehead atoms. The number of carbonyl (C=O) groups is 2. The molecule has 8 heteroatoms. The Hall–Kier alpha value is -4.59. The lowest BCUT2D eigenvalue weighted by Gasteiger charge is -2.12. The molecule has 1 saturated carbocycles. The fraction of sp³-hybridized carbons (Fsp3) is 0.258. The molecular formula is C31H32N4O4. The minimum absolute atomic E-state index is 0.0152. The fourth-order valence-electron chi connectivity index (χ4n) is 4.94. The van der Waals surface area contributed by atoms with Gasteiger partial charge in [-0.25, -0.2) is 4.79 Å². The van der Waals surface area contributed by atoms with Crippen molar-refractivity contribution in [3.05, 3.63) is 95.7 Å². The predicted molar refractivity (Wildman–Crippen MR) is 150 cm³/mol. The van der Waals surface area contributed by atoms with E-state index in [0.29, 0.717) is 41.4 Å². The van der Waals surface area contributed by atoms with Crippen LogP contribution in [0.5, 0.6) is 11.5 Å². The predicted octanol–water partition coefficient (Wildman–Crippen LogP) is 6.32. The van der Waals surface area contributed by atoms with Crippen LogP contribution in [-0.2, 0) is 6.54 Å². The summed E-state index contributed by atoms with van der Waals surface area (Å²) in [5.41, 5.74) is 3.73. The monoisotopic (exact) mass is 524 g/mol. The molecule has 0 unspecified atom stereocenters. The van der Waals surface area contributed by atoms with Crippen LogP contribution in [0.1, 0.15) is 60.1 Å². The van der Waals surface area contributed by atoms with Gasteiger partial charge in [0.15, 0.2) is 0 Å². The van der Waals surface area contributed by atoms with Crippen LogP contribution in [0.2, 0.25) is 0 Å². The lowest BCUT2D eigenvalue weighted by molar-refractivity contribution is 0.102. The molecule has 3 aromatic carbocycles. The molecule has 0 saturated heterocycles. The maximum atomic E-state index is 13.2. The van der Waals surface area contributed by atoms with Crippen LogP contribution >= 0.6 is 0 Å². The van der Waals surface area contributed by atoms with Crippen molar-refractivity contribution < 1.29 is 19.4 Å². The SMILES string of the molecule is CCOc1ccc(C(=O)Nc2ccc(O)c(-c3cc(C4CCCC4)n(C(=O)NCc4ccccc4)n3)c2)cc1. The van der Waals surface area contributed by atoms with E-state index < -0.39 is 0 Å². The number of nitrogens with zero attached hydrogens (tertiary/aromatic N) is 2. The zero-order valence-electron chi connectivity index (χ0n) is 21.9. The van der Waals surface area contributed by atoms with E-state index in [-0.39, 0.29) is 23.6 Å². The van der Waals surface area contributed by atoms with Gasteiger partial charge in [0.1, 0.15) is 11.5 Å². The molecule has 2 amide bonds. The Labute approximate surface area is 227 Å². The molecule has 8 nitrogen and oxygen atoms in total. The molecule has 0 radical (unpaired) electrons. The maximum Gasteiger partial charge on any atom is 0.342 e. The van der Waals surface area contributed by atoms with E-state index in [2.05, 4.69) is 15.7 Å². The van der Waals surface area contributed by atoms with Crippen molar-refractivity contribution in [3.8, 4) is 22.8 Å². The van der Waals surface area contributed by atoms with Gasteiger partial charge in [0, 0.05) is 29.3 Å². The molecule has 0 aliphatic heterocycles. The summed E-state index contributed by atoms with van der Waals surface area (Å²) in [7, 11) is 0. The summed E-state index contributed by atoms with van der Waals surface area (Å²) < 4.78 is 6.87. The molecule has 39 heavy (non-hydrogen) atoms. The van der Waals surface area contributed by atoms with E-state index in [1.807, 2.05) is 43.3 Å². The number of hydrogen-bond donors (Lipinski definition) is 3. The number of carbonyl (C=O) groups excluding carboxylic acids is 2. The number of phenols is 1. The third kappa shape index (κ3) is 6.12. The molecule has 1 fully saturated rings. The molecule has 5 rings (SSSR count). The van der Waals surface area contributed by atoms with E-state index in [0.717, 1.165) is 36.9 Å². The van der Waals surface area contributed by atoms with E-state index in [4.69, 9.17) is 4.74 Å². The van der Waals surface area contributed by atoms with Gasteiger partial charge in [-0.3, -0.25) is 4.79 Å². The number of benzene rings is 3. The Morgan fingerprint density at radius 3 is 2.46 bits per heavy atom. The first-order valence-electron chi connectivity index (χ1n) is 13.3. The minimum Gasteiger partial charge on any atom is -0.507 e. The van der Waals surface area contributed by atoms with Gasteiger partial charge in [0.05, 0.1) is 18.0 Å². The molecule has 1 aliphatic carbocycles. The number of nitrogens with one attached hydrogen (secondary N) is 2. The van der Waals surface area contributed by atoms with Gasteiger partial charge in [-0.15, -0.1) is 0 Å². The summed E-state index contributed by atoms with van der Waals surface area (Å²) in [4.78, 5) is 26.1. The van der Waals surface area contributed by atoms with Crippen molar-refractivity contribution >= 4 is 17.6 Å². The average molecular weight is 525 g/mol. The minimum atomic E-state index is -0.313. The van der Waals surface area contributed by atoms with E-state index in [9.17, 15) is 14.7 Å². The van der Waals surface area contributed by atoms with Crippen molar-refractivity contribution in [2.24, 2.45) is 0 Å². The standard InChI is InChI=1S/C31H32N4O4/c1-2-39-25-15-12-23(13-16-25)30(37)33-24-14-17-29(36)26(18-24)27-19-28(22-10-6-7-11-22)35(34-27)31(38)32-20-21-8-4-3-5-9-21/h3-5,8-9,12-19,22,36H,2,6-7,10-11,20H2,1H3,(H,32,38)(H,33,37). The van der Waals surface area contributed by atoms with Gasteiger partial charge in [-0.2, -0.15) is 9.78 Å². The quantitative estimate of drug-likeness (QED) is 0.234. The van der Waals surface area contributed by atoms with Crippen LogP contribution in [-0.4, -0.2) is 33.4 Å². The molecule has 4 aromatic rings. The second-order valence-electron chi connectivity index (χ2n) is 9.64. The number of anilines is 1. The highest BCUT2D eigenvalue weighted by molar-refractivity contribution is 6.04. The largest absolute Gasteiger partial charge is 0.507 e. The molecule has 1 aromatic heterocycles. The van der Waals surface area contributed by atoms with E-state index >= 15 is 0 Å². The topological polar surface area (TPSA) is 105 Å². The normalized spacial score (nSPS) is 13.3. The average Bonchev–Trinajstić information content (AvgIpc) is 3.64. The number of hydrogen-bond acceptors (Lipinski definition) is 5. The van der Waals surface area contributed by atoms with Gasteiger partial charge in [-0.1, -0.05) is 43.2 Å². The van der Waals surface area contributed by atoms with Crippen LogP contribution in [0, 0.1) is 0 Å². The first kappa shape index (κ1) is 26.0. The van der Waals surface area contributed by atoms with Crippen molar-refractivity contribution in [1.82, 2.24) is 15.1 Å². The van der Waals surface area contributed by atoms with E-state index in [1.165, 1.54) is 10.7 Å². The first-order valence-corrected chi connectivity index (χ1v) is 13.3. The van der Waals surface area contributed by atoms with Crippen LogP contribution in [0.15, 0.2) is 78.9 Å². The number of rotatable bonds is 8. The lowest BCUT2D eigenvalue weighted by atomic mass is 10.0. The number of ether oxygens (including phenoxy) is 1. The van der Waals surface area contributed by atoms with Crippen LogP contribution in [0.3, 0.4) is 0 Å². The Bertz CT molecular complexity index is 1440. The van der Waals surface area contributed by atoms with Crippen LogP contribution in [0.4, 0.5) is 10.5 Å². The smallest absolute Gasteiger partial charge is 0.342 e. The van der Waals surface area contributed by atoms with Crippen molar-refractivity contribution in [3.63, 3.8) is 0 Å². The summed E-state index contributed by atoms with van der Waals surface area (Å²) >= 11 is 0. The highest BCUT2D eigenvalue weighted by Gasteiger charge is 2.26. The van der Waals surface area contributed by atoms with Crippen molar-refractivity contribution in [2.75, 3.05) is 11.9 Å². The fourth-order valence-corrected chi connectivity index (χ4v) is 4.94. The second kappa shape index (κ2) is 11.9. The Balaban J connectivity index is 1.39. The van der Waals surface area contributed by atoms with Gasteiger partial charge >= 0.3 is 6.03 Å². The molecule has 3 N–H and O–H groups in total. The zero-order valence-corrected chi connectivity index (χ0v) is 21.9. The number of aromatic nitrogens is 2. The van der Waals surface area contributed by atoms with Crippen LogP contribution in [0.25, 0.3) is 11.3 Å². The summed E-state index contributed by atoms with van der Waals surface area (Å²) in [6.07, 6.45) is 4.19. The molecule has 200 valence electrons. The second-order valence-corrected chi connectivity index (χ2v) is 9.64. The first-order chi connectivity index (χ1) is 19.0. The third-order valence-electron chi connectivity index (χ3n) is 6.95. The van der Waals surface area contributed by atoms with E-state index in [1.54, 1.807) is 36.4 Å². The van der Waals surface area contributed by atoms with Gasteiger partial charge < -0.3 is 20.5 Å². The maximum absolute atomic E-state index is 13.2.